The van der Waals surface area contributed by atoms with Crippen LogP contribution in [0.15, 0.2) is 35.7 Å². The molecule has 3 aromatic rings. The van der Waals surface area contributed by atoms with Gasteiger partial charge >= 0.3 is 75.7 Å². The Labute approximate surface area is 271 Å². The fourth-order valence-corrected chi connectivity index (χ4v) is 4.32. The Balaban J connectivity index is 0.000000858. The average Bonchev–Trinajstić information content (AvgIpc) is 3.26. The maximum Gasteiger partial charge on any atom is 1.00 e. The number of aliphatic carboxylic acids is 1. The van der Waals surface area contributed by atoms with Gasteiger partial charge in [-0.1, -0.05) is 44.7 Å². The zero-order valence-electron chi connectivity index (χ0n) is 21.9. The molecule has 16 heteroatoms. The standard InChI is InChI=1S/C20H15F7N4O2S.C4H9O.K/c21-12-2-1-10(3-11(12)4-15(32)33)7-34-18-28-5-13-16(29-18)14(6-31(13)17(22)23)30-8-19(24,25)20(26,27)9-30;1-4(2,3)5;/h1-3,5-6,17H,4,7-9H2,(H,32,33);1-3H3;/q;-1;+1. The van der Waals surface area contributed by atoms with Gasteiger partial charge in [0.2, 0.25) is 0 Å². The summed E-state index contributed by atoms with van der Waals surface area (Å²) in [4.78, 5) is 19.6. The summed E-state index contributed by atoms with van der Waals surface area (Å²) in [7, 11) is 0. The maximum absolute atomic E-state index is 13.8. The number of carboxylic acid groups (broad SMARTS) is 1. The molecule has 0 amide bonds. The van der Waals surface area contributed by atoms with Crippen LogP contribution in [0.5, 0.6) is 0 Å². The van der Waals surface area contributed by atoms with Crippen molar-refractivity contribution in [1.29, 1.82) is 0 Å². The summed E-state index contributed by atoms with van der Waals surface area (Å²) in [5.41, 5.74) is -0.984. The van der Waals surface area contributed by atoms with Crippen molar-refractivity contribution in [1.82, 2.24) is 14.5 Å². The van der Waals surface area contributed by atoms with Gasteiger partial charge in [0.25, 0.3) is 0 Å². The van der Waals surface area contributed by atoms with Crippen LogP contribution in [0.1, 0.15) is 38.4 Å². The number of hydrogen-bond acceptors (Lipinski definition) is 6. The van der Waals surface area contributed by atoms with E-state index in [9.17, 15) is 40.6 Å². The Morgan fingerprint density at radius 2 is 1.75 bits per heavy atom. The molecule has 3 heterocycles. The monoisotopic (exact) mass is 620 g/mol. The van der Waals surface area contributed by atoms with E-state index in [1.165, 1.54) is 12.1 Å². The van der Waals surface area contributed by atoms with Crippen LogP contribution in [0, 0.1) is 5.82 Å². The van der Waals surface area contributed by atoms with Gasteiger partial charge in [0.15, 0.2) is 5.16 Å². The molecule has 1 aromatic carbocycles. The van der Waals surface area contributed by atoms with Crippen LogP contribution in [0.25, 0.3) is 11.0 Å². The summed E-state index contributed by atoms with van der Waals surface area (Å²) in [6.45, 7) is -0.922. The minimum atomic E-state index is -4.34. The Morgan fingerprint density at radius 3 is 2.27 bits per heavy atom. The van der Waals surface area contributed by atoms with Crippen LogP contribution in [-0.2, 0) is 17.0 Å². The van der Waals surface area contributed by atoms with Gasteiger partial charge < -0.3 is 15.1 Å². The summed E-state index contributed by atoms with van der Waals surface area (Å²) in [5, 5.41) is 19.0. The number of nitrogens with zero attached hydrogens (tertiary/aromatic N) is 4. The van der Waals surface area contributed by atoms with Crippen molar-refractivity contribution in [3.05, 3.63) is 47.5 Å². The second-order valence-corrected chi connectivity index (χ2v) is 10.7. The molecule has 1 aliphatic heterocycles. The molecule has 1 N–H and O–H groups in total. The van der Waals surface area contributed by atoms with Gasteiger partial charge in [0, 0.05) is 11.9 Å². The first kappa shape index (κ1) is 34.8. The molecule has 1 fully saturated rings. The summed E-state index contributed by atoms with van der Waals surface area (Å²) in [5.74, 6) is -10.4. The van der Waals surface area contributed by atoms with Gasteiger partial charge in [-0.05, 0) is 17.2 Å². The molecule has 0 atom stereocenters. The van der Waals surface area contributed by atoms with E-state index in [-0.39, 0.29) is 84.6 Å². The van der Waals surface area contributed by atoms with Crippen LogP contribution < -0.4 is 61.4 Å². The number of halogens is 7. The van der Waals surface area contributed by atoms with E-state index in [2.05, 4.69) is 9.97 Å². The quantitative estimate of drug-likeness (QED) is 0.187. The number of alkyl halides is 6. The SMILES string of the molecule is CC(C)(C)[O-].O=C(O)Cc1cc(CSc2ncc3c(n2)c(N2CC(F)(F)C(F)(F)C2)cn3C(F)F)ccc1F.[K+]. The van der Waals surface area contributed by atoms with E-state index in [4.69, 9.17) is 5.11 Å². The number of thioether (sulfide) groups is 1. The summed E-state index contributed by atoms with van der Waals surface area (Å²) < 4.78 is 95.9. The molecule has 0 spiro atoms. The predicted octanol–water partition coefficient (Wildman–Crippen LogP) is 2.12. The van der Waals surface area contributed by atoms with Gasteiger partial charge in [-0.2, -0.15) is 26.3 Å². The minimum Gasteiger partial charge on any atom is -0.850 e. The summed E-state index contributed by atoms with van der Waals surface area (Å²) >= 11 is 0.987. The largest absolute Gasteiger partial charge is 1.00 e. The van der Waals surface area contributed by atoms with Gasteiger partial charge in [0.05, 0.1) is 36.9 Å². The molecule has 7 nitrogen and oxygen atoms in total. The second kappa shape index (κ2) is 13.3. The number of anilines is 1. The van der Waals surface area contributed by atoms with E-state index in [1.54, 1.807) is 20.8 Å². The van der Waals surface area contributed by atoms with Crippen molar-refractivity contribution < 1.29 is 97.1 Å². The smallest absolute Gasteiger partial charge is 0.850 e. The molecular formula is C24H24F7KN4O3S. The van der Waals surface area contributed by atoms with Crippen LogP contribution in [0.4, 0.5) is 36.4 Å². The fraction of sp³-hybridized carbons (Fsp3) is 0.458. The van der Waals surface area contributed by atoms with Gasteiger partial charge in [-0.25, -0.2) is 14.4 Å². The van der Waals surface area contributed by atoms with Crippen LogP contribution in [-0.4, -0.2) is 56.1 Å². The molecule has 0 radical (unpaired) electrons. The first-order valence-corrected chi connectivity index (χ1v) is 12.3. The van der Waals surface area contributed by atoms with Gasteiger partial charge in [0.1, 0.15) is 11.3 Å². The molecule has 214 valence electrons. The second-order valence-electron chi connectivity index (χ2n) is 9.75. The topological polar surface area (TPSA) is 94.3 Å². The number of carbonyl (C=O) groups is 1. The van der Waals surface area contributed by atoms with Crippen LogP contribution in [0.2, 0.25) is 0 Å². The predicted molar refractivity (Wildman–Crippen MR) is 128 cm³/mol. The summed E-state index contributed by atoms with van der Waals surface area (Å²) in [6.07, 6.45) is 1.30. The fourth-order valence-electron chi connectivity index (χ4n) is 3.56. The molecule has 1 aliphatic rings. The third-order valence-corrected chi connectivity index (χ3v) is 6.15. The molecule has 0 saturated carbocycles. The van der Waals surface area contributed by atoms with Crippen molar-refractivity contribution in [2.45, 2.75) is 62.1 Å². The zero-order valence-corrected chi connectivity index (χ0v) is 25.8. The van der Waals surface area contributed by atoms with E-state index in [0.29, 0.717) is 15.0 Å². The van der Waals surface area contributed by atoms with Crippen LogP contribution in [0.3, 0.4) is 0 Å². The molecule has 0 bridgehead atoms. The molecule has 0 aliphatic carbocycles. The number of benzene rings is 1. The molecular weight excluding hydrogens is 596 g/mol. The number of hydrogen-bond donors (Lipinski definition) is 1. The van der Waals surface area contributed by atoms with Crippen molar-refractivity contribution in [3.8, 4) is 0 Å². The van der Waals surface area contributed by atoms with Crippen molar-refractivity contribution >= 4 is 34.5 Å². The number of carboxylic acids is 1. The van der Waals surface area contributed by atoms with Crippen molar-refractivity contribution in [3.63, 3.8) is 0 Å². The summed E-state index contributed by atoms with van der Waals surface area (Å²) in [6, 6.07) is 3.87. The van der Waals surface area contributed by atoms with Crippen molar-refractivity contribution in [2.24, 2.45) is 0 Å². The van der Waals surface area contributed by atoms with Gasteiger partial charge in [-0.15, -0.1) is 5.60 Å². The number of rotatable bonds is 7. The van der Waals surface area contributed by atoms with E-state index in [0.717, 1.165) is 30.2 Å². The van der Waals surface area contributed by atoms with E-state index in [1.807, 2.05) is 0 Å². The molecule has 4 rings (SSSR count). The Bertz CT molecular complexity index is 1330. The van der Waals surface area contributed by atoms with Gasteiger partial charge in [-0.3, -0.25) is 9.36 Å². The maximum atomic E-state index is 13.8. The van der Waals surface area contributed by atoms with Crippen molar-refractivity contribution in [2.75, 3.05) is 18.0 Å². The Morgan fingerprint density at radius 1 is 1.18 bits per heavy atom. The van der Waals surface area contributed by atoms with Crippen LogP contribution >= 0.6 is 11.8 Å². The first-order valence-electron chi connectivity index (χ1n) is 11.4. The molecule has 0 unspecified atom stereocenters. The average molecular weight is 621 g/mol. The Hall–Kier alpha value is -1.43. The molecule has 40 heavy (non-hydrogen) atoms. The molecule has 2 aromatic heterocycles. The third kappa shape index (κ3) is 8.78. The number of aromatic nitrogens is 3. The first-order chi connectivity index (χ1) is 17.9. The van der Waals surface area contributed by atoms with E-state index >= 15 is 0 Å². The Kier molecular flexibility index (Phi) is 11.5. The third-order valence-electron chi connectivity index (χ3n) is 5.21. The number of fused-ring (bicyclic) bond motifs is 1. The molecule has 1 saturated heterocycles. The minimum absolute atomic E-state index is 0. The zero-order chi connectivity index (χ0) is 29.3. The van der Waals surface area contributed by atoms with E-state index < -0.39 is 55.3 Å². The normalized spacial score (nSPS) is 16.1.